The summed E-state index contributed by atoms with van der Waals surface area (Å²) in [4.78, 5) is 15.0. The van der Waals surface area contributed by atoms with E-state index in [0.29, 0.717) is 24.3 Å². The Bertz CT molecular complexity index is 671. The first-order valence-electron chi connectivity index (χ1n) is 8.58. The van der Waals surface area contributed by atoms with Crippen LogP contribution in [0.1, 0.15) is 54.6 Å². The van der Waals surface area contributed by atoms with Gasteiger partial charge in [-0.3, -0.25) is 4.79 Å². The lowest BCUT2D eigenvalue weighted by atomic mass is 10.2. The lowest BCUT2D eigenvalue weighted by Gasteiger charge is -2.28. The van der Waals surface area contributed by atoms with Crippen molar-refractivity contribution in [3.05, 3.63) is 47.8 Å². The normalized spacial score (nSPS) is 18.3. The second-order valence-corrected chi connectivity index (χ2v) is 6.67. The van der Waals surface area contributed by atoms with Crippen LogP contribution in [0, 0.1) is 0 Å². The van der Waals surface area contributed by atoms with Crippen LogP contribution in [0.15, 0.2) is 36.5 Å². The van der Waals surface area contributed by atoms with Crippen molar-refractivity contribution < 1.29 is 4.79 Å². The van der Waals surface area contributed by atoms with Crippen molar-refractivity contribution in [1.29, 1.82) is 0 Å². The van der Waals surface area contributed by atoms with Gasteiger partial charge in [-0.2, -0.15) is 0 Å². The highest BCUT2D eigenvalue weighted by atomic mass is 16.2. The molecular weight excluding hydrogens is 288 g/mol. The van der Waals surface area contributed by atoms with Crippen LogP contribution in [0.4, 0.5) is 0 Å². The number of amides is 1. The summed E-state index contributed by atoms with van der Waals surface area (Å²) in [6.45, 7) is 0.647. The van der Waals surface area contributed by atoms with E-state index in [0.717, 1.165) is 31.2 Å². The zero-order valence-corrected chi connectivity index (χ0v) is 13.3. The van der Waals surface area contributed by atoms with Crippen molar-refractivity contribution >= 4 is 5.91 Å². The van der Waals surface area contributed by atoms with E-state index in [1.54, 1.807) is 10.9 Å². The number of rotatable bonds is 5. The molecule has 2 aliphatic rings. The average molecular weight is 310 g/mol. The molecule has 0 aliphatic heterocycles. The fourth-order valence-electron chi connectivity index (χ4n) is 3.54. The summed E-state index contributed by atoms with van der Waals surface area (Å²) in [5.74, 6) is 0.0683. The molecule has 0 spiro atoms. The Morgan fingerprint density at radius 2 is 1.78 bits per heavy atom. The first-order valence-corrected chi connectivity index (χ1v) is 8.58. The summed E-state index contributed by atoms with van der Waals surface area (Å²) in [6, 6.07) is 11.0. The number of benzene rings is 1. The van der Waals surface area contributed by atoms with Crippen LogP contribution < -0.4 is 0 Å². The Morgan fingerprint density at radius 1 is 1.09 bits per heavy atom. The summed E-state index contributed by atoms with van der Waals surface area (Å²) in [7, 11) is 0. The topological polar surface area (TPSA) is 51.0 Å². The number of aromatic nitrogens is 3. The molecule has 0 radical (unpaired) electrons. The van der Waals surface area contributed by atoms with E-state index in [1.165, 1.54) is 12.8 Å². The number of nitrogens with zero attached hydrogens (tertiary/aromatic N) is 4. The zero-order chi connectivity index (χ0) is 15.6. The molecule has 120 valence electrons. The van der Waals surface area contributed by atoms with Crippen LogP contribution in [0.5, 0.6) is 0 Å². The van der Waals surface area contributed by atoms with Gasteiger partial charge >= 0.3 is 0 Å². The Hall–Kier alpha value is -2.17. The maximum absolute atomic E-state index is 12.9. The molecule has 5 nitrogen and oxygen atoms in total. The van der Waals surface area contributed by atoms with Gasteiger partial charge in [-0.15, -0.1) is 5.10 Å². The molecule has 2 fully saturated rings. The highest BCUT2D eigenvalue weighted by Gasteiger charge is 2.39. The van der Waals surface area contributed by atoms with Crippen LogP contribution in [0.25, 0.3) is 0 Å². The lowest BCUT2D eigenvalue weighted by molar-refractivity contribution is 0.0658. The zero-order valence-electron chi connectivity index (χ0n) is 13.3. The van der Waals surface area contributed by atoms with Gasteiger partial charge in [0.1, 0.15) is 0 Å². The fraction of sp³-hybridized carbons (Fsp3) is 0.500. The van der Waals surface area contributed by atoms with E-state index >= 15 is 0 Å². The van der Waals surface area contributed by atoms with Gasteiger partial charge in [-0.25, -0.2) is 4.68 Å². The third kappa shape index (κ3) is 3.14. The van der Waals surface area contributed by atoms with Crippen molar-refractivity contribution in [2.24, 2.45) is 0 Å². The van der Waals surface area contributed by atoms with Crippen molar-refractivity contribution in [2.45, 2.75) is 57.2 Å². The number of hydrogen-bond donors (Lipinski definition) is 0. The van der Waals surface area contributed by atoms with Gasteiger partial charge in [0.15, 0.2) is 5.69 Å². The third-order valence-electron chi connectivity index (χ3n) is 4.84. The molecule has 2 aliphatic carbocycles. The molecule has 5 heteroatoms. The summed E-state index contributed by atoms with van der Waals surface area (Å²) in [5, 5.41) is 8.28. The van der Waals surface area contributed by atoms with E-state index in [9.17, 15) is 4.79 Å². The molecule has 4 rings (SSSR count). The van der Waals surface area contributed by atoms with E-state index in [2.05, 4.69) is 27.3 Å². The average Bonchev–Trinajstić information content (AvgIpc) is 3.06. The van der Waals surface area contributed by atoms with Crippen molar-refractivity contribution in [2.75, 3.05) is 0 Å². The largest absolute Gasteiger partial charge is 0.331 e. The predicted octanol–water partition coefficient (Wildman–Crippen LogP) is 2.87. The van der Waals surface area contributed by atoms with Crippen LogP contribution in [0.3, 0.4) is 0 Å². The van der Waals surface area contributed by atoms with E-state index in [4.69, 9.17) is 0 Å². The van der Waals surface area contributed by atoms with Gasteiger partial charge in [0.05, 0.1) is 12.7 Å². The smallest absolute Gasteiger partial charge is 0.276 e. The Balaban J connectivity index is 1.49. The first-order chi connectivity index (χ1) is 11.3. The first kappa shape index (κ1) is 14.4. The minimum Gasteiger partial charge on any atom is -0.331 e. The SMILES string of the molecule is O=C(c1cn(Cc2ccccc2)nn1)N(C1CCCC1)C1CC1. The molecule has 0 N–H and O–H groups in total. The third-order valence-corrected chi connectivity index (χ3v) is 4.84. The molecule has 2 aromatic rings. The van der Waals surface area contributed by atoms with Gasteiger partial charge in [-0.1, -0.05) is 48.4 Å². The molecule has 1 heterocycles. The minimum atomic E-state index is 0.0683. The number of carbonyl (C=O) groups excluding carboxylic acids is 1. The maximum Gasteiger partial charge on any atom is 0.276 e. The second-order valence-electron chi connectivity index (χ2n) is 6.67. The standard InChI is InChI=1S/C18H22N4O/c23-18(22(16-10-11-16)15-8-4-5-9-15)17-13-21(20-19-17)12-14-6-2-1-3-7-14/h1-3,6-7,13,15-16H,4-5,8-12H2. The quantitative estimate of drug-likeness (QED) is 0.853. The van der Waals surface area contributed by atoms with Gasteiger partial charge in [0.2, 0.25) is 0 Å². The monoisotopic (exact) mass is 310 g/mol. The van der Waals surface area contributed by atoms with Crippen molar-refractivity contribution in [1.82, 2.24) is 19.9 Å². The number of hydrogen-bond acceptors (Lipinski definition) is 3. The Labute approximate surface area is 136 Å². The molecule has 1 aromatic heterocycles. The highest BCUT2D eigenvalue weighted by molar-refractivity contribution is 5.92. The van der Waals surface area contributed by atoms with Gasteiger partial charge in [0, 0.05) is 12.1 Å². The molecule has 23 heavy (non-hydrogen) atoms. The number of carbonyl (C=O) groups is 1. The molecule has 2 saturated carbocycles. The lowest BCUT2D eigenvalue weighted by Crippen LogP contribution is -2.40. The molecule has 0 atom stereocenters. The Kier molecular flexibility index (Phi) is 3.85. The maximum atomic E-state index is 12.9. The summed E-state index contributed by atoms with van der Waals surface area (Å²) < 4.78 is 1.75. The van der Waals surface area contributed by atoms with E-state index in [-0.39, 0.29) is 5.91 Å². The molecule has 1 amide bonds. The molecule has 0 saturated heterocycles. The van der Waals surface area contributed by atoms with Crippen LogP contribution in [-0.4, -0.2) is 37.9 Å². The summed E-state index contributed by atoms with van der Waals surface area (Å²) >= 11 is 0. The molecule has 0 unspecified atom stereocenters. The van der Waals surface area contributed by atoms with Gasteiger partial charge in [0.25, 0.3) is 5.91 Å². The molecule has 0 bridgehead atoms. The minimum absolute atomic E-state index is 0.0683. The highest BCUT2D eigenvalue weighted by Crippen LogP contribution is 2.35. The summed E-state index contributed by atoms with van der Waals surface area (Å²) in [6.07, 6.45) is 8.82. The van der Waals surface area contributed by atoms with Crippen LogP contribution in [-0.2, 0) is 6.54 Å². The molecular formula is C18H22N4O. The fourth-order valence-corrected chi connectivity index (χ4v) is 3.54. The second kappa shape index (κ2) is 6.14. The summed E-state index contributed by atoms with van der Waals surface area (Å²) in [5.41, 5.74) is 1.64. The van der Waals surface area contributed by atoms with Crippen molar-refractivity contribution in [3.63, 3.8) is 0 Å². The van der Waals surface area contributed by atoms with Crippen molar-refractivity contribution in [3.8, 4) is 0 Å². The Morgan fingerprint density at radius 3 is 2.48 bits per heavy atom. The van der Waals surface area contributed by atoms with Gasteiger partial charge < -0.3 is 4.90 Å². The predicted molar refractivity (Wildman–Crippen MR) is 87.0 cm³/mol. The van der Waals surface area contributed by atoms with Gasteiger partial charge in [-0.05, 0) is 31.2 Å². The van der Waals surface area contributed by atoms with E-state index in [1.807, 2.05) is 18.2 Å². The van der Waals surface area contributed by atoms with Crippen LogP contribution >= 0.6 is 0 Å². The molecule has 1 aromatic carbocycles. The van der Waals surface area contributed by atoms with E-state index < -0.39 is 0 Å². The van der Waals surface area contributed by atoms with Crippen LogP contribution in [0.2, 0.25) is 0 Å².